The van der Waals surface area contributed by atoms with Crippen LogP contribution >= 0.6 is 15.9 Å². The summed E-state index contributed by atoms with van der Waals surface area (Å²) in [5.74, 6) is 0. The number of benzene rings is 2. The summed E-state index contributed by atoms with van der Waals surface area (Å²) in [6.07, 6.45) is 2.06. The summed E-state index contributed by atoms with van der Waals surface area (Å²) >= 11 is 3.53. The first-order valence-electron chi connectivity index (χ1n) is 7.11. The quantitative estimate of drug-likeness (QED) is 0.472. The number of fused-ring (bicyclic) bond motifs is 1. The highest BCUT2D eigenvalue weighted by atomic mass is 79.9. The van der Waals surface area contributed by atoms with E-state index in [-0.39, 0.29) is 0 Å². The molecule has 0 aliphatic carbocycles. The Morgan fingerprint density at radius 1 is 0.773 bits per heavy atom. The average Bonchev–Trinajstić information content (AvgIpc) is 2.95. The molecule has 4 rings (SSSR count). The summed E-state index contributed by atoms with van der Waals surface area (Å²) in [6.45, 7) is 0. The molecule has 2 aromatic heterocycles. The fourth-order valence-corrected chi connectivity index (χ4v) is 3.01. The van der Waals surface area contributed by atoms with Crippen LogP contribution in [0.1, 0.15) is 0 Å². The molecule has 2 aromatic carbocycles. The smallest absolute Gasteiger partial charge is 0.139 e. The van der Waals surface area contributed by atoms with Crippen molar-refractivity contribution in [3.63, 3.8) is 0 Å². The number of aromatic nitrogens is 2. The molecule has 0 unspecified atom stereocenters. The molecule has 2 nitrogen and oxygen atoms in total. The first-order valence-corrected chi connectivity index (χ1v) is 7.91. The predicted octanol–water partition coefficient (Wildman–Crippen LogP) is 5.43. The van der Waals surface area contributed by atoms with Gasteiger partial charge in [-0.15, -0.1) is 0 Å². The fourth-order valence-electron chi connectivity index (χ4n) is 2.69. The minimum atomic E-state index is 0.937. The zero-order valence-corrected chi connectivity index (χ0v) is 13.4. The summed E-state index contributed by atoms with van der Waals surface area (Å²) in [5, 5.41) is 0. The molecule has 0 amide bonds. The zero-order chi connectivity index (χ0) is 14.9. The van der Waals surface area contributed by atoms with Crippen LogP contribution in [0.25, 0.3) is 28.2 Å². The number of halogens is 1. The van der Waals surface area contributed by atoms with Crippen molar-refractivity contribution in [1.29, 1.82) is 0 Å². The average molecular weight is 349 g/mol. The Labute approximate surface area is 137 Å². The molecule has 4 aromatic rings. The maximum Gasteiger partial charge on any atom is 0.139 e. The Morgan fingerprint density at radius 3 is 2.09 bits per heavy atom. The van der Waals surface area contributed by atoms with Gasteiger partial charge in [-0.25, -0.2) is 4.98 Å². The molecule has 0 N–H and O–H groups in total. The lowest BCUT2D eigenvalue weighted by atomic mass is 10.1. The normalized spacial score (nSPS) is 11.0. The molecule has 0 fully saturated rings. The molecule has 0 saturated heterocycles. The third-order valence-electron chi connectivity index (χ3n) is 3.68. The summed E-state index contributed by atoms with van der Waals surface area (Å²) < 4.78 is 3.17. The van der Waals surface area contributed by atoms with Crippen LogP contribution < -0.4 is 0 Å². The Kier molecular flexibility index (Phi) is 3.28. The van der Waals surface area contributed by atoms with Crippen molar-refractivity contribution in [2.75, 3.05) is 0 Å². The van der Waals surface area contributed by atoms with Gasteiger partial charge in [-0.2, -0.15) is 0 Å². The molecular formula is C19H13BrN2. The SMILES string of the molecule is Brc1ccn2c(-c3ccccc3)c(-c3ccccc3)nc2c1. The van der Waals surface area contributed by atoms with Gasteiger partial charge in [0.25, 0.3) is 0 Å². The molecule has 22 heavy (non-hydrogen) atoms. The second-order valence-electron chi connectivity index (χ2n) is 5.11. The standard InChI is InChI=1S/C19H13BrN2/c20-16-11-12-22-17(13-16)21-18(14-7-3-1-4-8-14)19(22)15-9-5-2-6-10-15/h1-13H. The lowest BCUT2D eigenvalue weighted by Crippen LogP contribution is -1.89. The monoisotopic (exact) mass is 348 g/mol. The van der Waals surface area contributed by atoms with E-state index in [4.69, 9.17) is 4.98 Å². The van der Waals surface area contributed by atoms with E-state index < -0.39 is 0 Å². The molecule has 2 heterocycles. The Morgan fingerprint density at radius 2 is 1.41 bits per heavy atom. The van der Waals surface area contributed by atoms with Crippen molar-refractivity contribution in [2.24, 2.45) is 0 Å². The minimum Gasteiger partial charge on any atom is -0.299 e. The highest BCUT2D eigenvalue weighted by Gasteiger charge is 2.15. The first-order chi connectivity index (χ1) is 10.8. The topological polar surface area (TPSA) is 17.3 Å². The molecule has 0 aliphatic heterocycles. The highest BCUT2D eigenvalue weighted by molar-refractivity contribution is 9.10. The number of pyridine rings is 1. The van der Waals surface area contributed by atoms with E-state index in [1.54, 1.807) is 0 Å². The number of nitrogens with zero attached hydrogens (tertiary/aromatic N) is 2. The minimum absolute atomic E-state index is 0.937. The second kappa shape index (κ2) is 5.43. The van der Waals surface area contributed by atoms with Crippen LogP contribution in [0.15, 0.2) is 83.5 Å². The van der Waals surface area contributed by atoms with E-state index in [2.05, 4.69) is 62.9 Å². The first kappa shape index (κ1) is 13.3. The number of rotatable bonds is 2. The van der Waals surface area contributed by atoms with E-state index in [9.17, 15) is 0 Å². The maximum atomic E-state index is 4.85. The van der Waals surface area contributed by atoms with Gasteiger partial charge in [0, 0.05) is 21.8 Å². The third-order valence-corrected chi connectivity index (χ3v) is 4.18. The summed E-state index contributed by atoms with van der Waals surface area (Å²) in [4.78, 5) is 4.85. The fraction of sp³-hybridized carbons (Fsp3) is 0. The maximum absolute atomic E-state index is 4.85. The van der Waals surface area contributed by atoms with Crippen LogP contribution in [0.3, 0.4) is 0 Å². The van der Waals surface area contributed by atoms with Crippen LogP contribution in [0.5, 0.6) is 0 Å². The summed E-state index contributed by atoms with van der Waals surface area (Å²) in [5.41, 5.74) is 5.35. The largest absolute Gasteiger partial charge is 0.299 e. The summed E-state index contributed by atoms with van der Waals surface area (Å²) in [7, 11) is 0. The van der Waals surface area contributed by atoms with Crippen molar-refractivity contribution in [2.45, 2.75) is 0 Å². The van der Waals surface area contributed by atoms with Crippen molar-refractivity contribution >= 4 is 21.6 Å². The Bertz CT molecular complexity index is 928. The lowest BCUT2D eigenvalue weighted by Gasteiger charge is -2.05. The van der Waals surface area contributed by atoms with Gasteiger partial charge < -0.3 is 0 Å². The number of hydrogen-bond acceptors (Lipinski definition) is 1. The van der Waals surface area contributed by atoms with Crippen LogP contribution in [-0.4, -0.2) is 9.38 Å². The molecule has 0 bridgehead atoms. The summed E-state index contributed by atoms with van der Waals surface area (Å²) in [6, 6.07) is 24.8. The van der Waals surface area contributed by atoms with Gasteiger partial charge in [-0.3, -0.25) is 4.40 Å². The predicted molar refractivity (Wildman–Crippen MR) is 93.8 cm³/mol. The van der Waals surface area contributed by atoms with E-state index in [0.717, 1.165) is 32.6 Å². The van der Waals surface area contributed by atoms with E-state index in [1.807, 2.05) is 36.4 Å². The second-order valence-corrected chi connectivity index (χ2v) is 6.03. The molecule has 0 radical (unpaired) electrons. The Balaban J connectivity index is 2.07. The van der Waals surface area contributed by atoms with E-state index >= 15 is 0 Å². The van der Waals surface area contributed by atoms with Gasteiger partial charge in [-0.05, 0) is 12.1 Å². The highest BCUT2D eigenvalue weighted by Crippen LogP contribution is 2.33. The van der Waals surface area contributed by atoms with Gasteiger partial charge in [0.05, 0.1) is 11.4 Å². The van der Waals surface area contributed by atoms with Crippen molar-refractivity contribution < 1.29 is 0 Å². The number of hydrogen-bond donors (Lipinski definition) is 0. The van der Waals surface area contributed by atoms with Gasteiger partial charge in [-0.1, -0.05) is 76.6 Å². The molecule has 0 atom stereocenters. The molecule has 0 spiro atoms. The Hall–Kier alpha value is -2.39. The van der Waals surface area contributed by atoms with Gasteiger partial charge >= 0.3 is 0 Å². The molecular weight excluding hydrogens is 336 g/mol. The van der Waals surface area contributed by atoms with Crippen molar-refractivity contribution in [1.82, 2.24) is 9.38 Å². The van der Waals surface area contributed by atoms with E-state index in [1.165, 1.54) is 0 Å². The van der Waals surface area contributed by atoms with E-state index in [0.29, 0.717) is 0 Å². The van der Waals surface area contributed by atoms with Gasteiger partial charge in [0.2, 0.25) is 0 Å². The van der Waals surface area contributed by atoms with Gasteiger partial charge in [0.1, 0.15) is 5.65 Å². The van der Waals surface area contributed by atoms with Crippen molar-refractivity contribution in [3.8, 4) is 22.5 Å². The number of imidazole rings is 1. The van der Waals surface area contributed by atoms with Crippen LogP contribution in [-0.2, 0) is 0 Å². The zero-order valence-electron chi connectivity index (χ0n) is 11.8. The van der Waals surface area contributed by atoms with Crippen molar-refractivity contribution in [3.05, 3.63) is 83.5 Å². The lowest BCUT2D eigenvalue weighted by molar-refractivity contribution is 1.18. The molecule has 0 aliphatic rings. The molecule has 3 heteroatoms. The van der Waals surface area contributed by atoms with Crippen LogP contribution in [0.2, 0.25) is 0 Å². The molecule has 106 valence electrons. The third kappa shape index (κ3) is 2.24. The van der Waals surface area contributed by atoms with Gasteiger partial charge in [0.15, 0.2) is 0 Å². The van der Waals surface area contributed by atoms with Crippen LogP contribution in [0.4, 0.5) is 0 Å². The van der Waals surface area contributed by atoms with Crippen LogP contribution in [0, 0.1) is 0 Å². The molecule has 0 saturated carbocycles.